The number of nitro benzene ring substituents is 1. The molecule has 3 rings (SSSR count). The quantitative estimate of drug-likeness (QED) is 0.467. The molecule has 138 valence electrons. The third-order valence-corrected chi connectivity index (χ3v) is 4.31. The molecule has 1 heterocycles. The van der Waals surface area contributed by atoms with Crippen LogP contribution in [0.25, 0.3) is 0 Å². The summed E-state index contributed by atoms with van der Waals surface area (Å²) in [6.45, 7) is 0. The molecule has 9 nitrogen and oxygen atoms in total. The largest absolute Gasteiger partial charge is 0.497 e. The number of rotatable bonds is 6. The Labute approximate surface area is 152 Å². The number of amides is 2. The highest BCUT2D eigenvalue weighted by Gasteiger charge is 2.46. The molecule has 0 saturated heterocycles. The SMILES string of the molecule is COc1ccc(CC(C(=O)O)N2C(=O)c3cccc([N+](=O)[O-])c3C2=O)cc1. The summed E-state index contributed by atoms with van der Waals surface area (Å²) in [4.78, 5) is 48.0. The molecule has 0 spiro atoms. The Morgan fingerprint density at radius 1 is 1.19 bits per heavy atom. The van der Waals surface area contributed by atoms with Crippen LogP contribution in [0.3, 0.4) is 0 Å². The Balaban J connectivity index is 1.98. The van der Waals surface area contributed by atoms with E-state index in [4.69, 9.17) is 4.74 Å². The molecule has 2 aromatic rings. The second kappa shape index (κ2) is 6.87. The lowest BCUT2D eigenvalue weighted by Crippen LogP contribution is -2.46. The third-order valence-electron chi connectivity index (χ3n) is 4.31. The minimum absolute atomic E-state index is 0.140. The van der Waals surface area contributed by atoms with Crippen LogP contribution < -0.4 is 4.74 Å². The summed E-state index contributed by atoms with van der Waals surface area (Å²) in [6.07, 6.45) is -0.140. The Morgan fingerprint density at radius 3 is 2.41 bits per heavy atom. The molecule has 0 saturated carbocycles. The smallest absolute Gasteiger partial charge is 0.327 e. The van der Waals surface area contributed by atoms with Gasteiger partial charge in [-0.15, -0.1) is 0 Å². The minimum Gasteiger partial charge on any atom is -0.497 e. The highest BCUT2D eigenvalue weighted by Crippen LogP contribution is 2.32. The van der Waals surface area contributed by atoms with Gasteiger partial charge in [-0.1, -0.05) is 18.2 Å². The van der Waals surface area contributed by atoms with E-state index in [1.54, 1.807) is 24.3 Å². The van der Waals surface area contributed by atoms with Gasteiger partial charge in [0.15, 0.2) is 0 Å². The van der Waals surface area contributed by atoms with E-state index in [2.05, 4.69) is 0 Å². The molecule has 0 fully saturated rings. The molecule has 2 amide bonds. The van der Waals surface area contributed by atoms with Crippen LogP contribution in [0.2, 0.25) is 0 Å². The van der Waals surface area contributed by atoms with Crippen molar-refractivity contribution in [2.75, 3.05) is 7.11 Å². The predicted octanol–water partition coefficient (Wildman–Crippen LogP) is 1.90. The summed E-state index contributed by atoms with van der Waals surface area (Å²) >= 11 is 0. The van der Waals surface area contributed by atoms with Crippen molar-refractivity contribution in [1.29, 1.82) is 0 Å². The maximum Gasteiger partial charge on any atom is 0.327 e. The average Bonchev–Trinajstić information content (AvgIpc) is 2.91. The molecule has 0 bridgehead atoms. The number of carbonyl (C=O) groups excluding carboxylic acids is 2. The minimum atomic E-state index is -1.50. The van der Waals surface area contributed by atoms with Crippen molar-refractivity contribution in [2.24, 2.45) is 0 Å². The molecule has 1 unspecified atom stereocenters. The lowest BCUT2D eigenvalue weighted by Gasteiger charge is -2.22. The zero-order valence-corrected chi connectivity index (χ0v) is 14.1. The van der Waals surface area contributed by atoms with Gasteiger partial charge >= 0.3 is 5.97 Å². The number of nitro groups is 1. The van der Waals surface area contributed by atoms with Crippen molar-refractivity contribution < 1.29 is 29.2 Å². The molecule has 1 aliphatic rings. The number of methoxy groups -OCH3 is 1. The number of benzene rings is 2. The van der Waals surface area contributed by atoms with E-state index in [1.807, 2.05) is 0 Å². The Bertz CT molecular complexity index is 953. The lowest BCUT2D eigenvalue weighted by molar-refractivity contribution is -0.385. The highest BCUT2D eigenvalue weighted by molar-refractivity contribution is 6.24. The fraction of sp³-hybridized carbons (Fsp3) is 0.167. The van der Waals surface area contributed by atoms with Crippen LogP contribution in [0.4, 0.5) is 5.69 Å². The third kappa shape index (κ3) is 3.10. The van der Waals surface area contributed by atoms with Gasteiger partial charge in [0.2, 0.25) is 0 Å². The normalized spacial score (nSPS) is 14.0. The van der Waals surface area contributed by atoms with Gasteiger partial charge in [-0.05, 0) is 23.8 Å². The summed E-state index contributed by atoms with van der Waals surface area (Å²) < 4.78 is 5.03. The van der Waals surface area contributed by atoms with E-state index in [9.17, 15) is 29.6 Å². The van der Waals surface area contributed by atoms with Gasteiger partial charge in [0.1, 0.15) is 17.4 Å². The number of hydrogen-bond donors (Lipinski definition) is 1. The number of fused-ring (bicyclic) bond motifs is 1. The van der Waals surface area contributed by atoms with Crippen LogP contribution in [-0.4, -0.2) is 45.9 Å². The standard InChI is InChI=1S/C18H14N2O7/c1-27-11-7-5-10(6-8-11)9-14(18(23)24)19-16(21)12-3-2-4-13(20(25)26)15(12)17(19)22/h2-8,14H,9H2,1H3,(H,23,24). The number of carboxylic acids is 1. The van der Waals surface area contributed by atoms with E-state index in [1.165, 1.54) is 19.2 Å². The van der Waals surface area contributed by atoms with Gasteiger partial charge in [0.25, 0.3) is 17.5 Å². The van der Waals surface area contributed by atoms with Crippen LogP contribution in [0.15, 0.2) is 42.5 Å². The molecule has 9 heteroatoms. The maximum atomic E-state index is 12.7. The molecule has 0 aromatic heterocycles. The molecule has 0 aliphatic carbocycles. The first kappa shape index (κ1) is 18.1. The number of nitrogens with zero attached hydrogens (tertiary/aromatic N) is 2. The molecule has 1 N–H and O–H groups in total. The maximum absolute atomic E-state index is 12.7. The summed E-state index contributed by atoms with van der Waals surface area (Å²) in [5.41, 5.74) is -0.514. The van der Waals surface area contributed by atoms with Crippen LogP contribution in [0, 0.1) is 10.1 Å². The molecule has 1 atom stereocenters. The van der Waals surface area contributed by atoms with Gasteiger partial charge in [0.05, 0.1) is 17.6 Å². The first-order valence-electron chi connectivity index (χ1n) is 7.86. The van der Waals surface area contributed by atoms with Crippen molar-refractivity contribution in [3.05, 3.63) is 69.3 Å². The summed E-state index contributed by atoms with van der Waals surface area (Å²) in [7, 11) is 1.49. The monoisotopic (exact) mass is 370 g/mol. The molecule has 2 aromatic carbocycles. The van der Waals surface area contributed by atoms with Gasteiger partial charge in [-0.3, -0.25) is 24.6 Å². The summed E-state index contributed by atoms with van der Waals surface area (Å²) in [5.74, 6) is -2.66. The fourth-order valence-electron chi connectivity index (χ4n) is 2.99. The lowest BCUT2D eigenvalue weighted by atomic mass is 10.0. The van der Waals surface area contributed by atoms with Gasteiger partial charge in [0, 0.05) is 12.5 Å². The van der Waals surface area contributed by atoms with E-state index >= 15 is 0 Å². The molecule has 0 radical (unpaired) electrons. The van der Waals surface area contributed by atoms with Crippen molar-refractivity contribution in [2.45, 2.75) is 12.5 Å². The molecule has 27 heavy (non-hydrogen) atoms. The number of ether oxygens (including phenoxy) is 1. The molecular weight excluding hydrogens is 356 g/mol. The number of carboxylic acid groups (broad SMARTS) is 1. The van der Waals surface area contributed by atoms with E-state index in [0.29, 0.717) is 16.2 Å². The fourth-order valence-corrected chi connectivity index (χ4v) is 2.99. The van der Waals surface area contributed by atoms with Crippen LogP contribution in [-0.2, 0) is 11.2 Å². The molecule has 1 aliphatic heterocycles. The predicted molar refractivity (Wildman–Crippen MR) is 91.7 cm³/mol. The van der Waals surface area contributed by atoms with Crippen molar-refractivity contribution in [3.63, 3.8) is 0 Å². The van der Waals surface area contributed by atoms with E-state index < -0.39 is 34.4 Å². The van der Waals surface area contributed by atoms with Crippen molar-refractivity contribution >= 4 is 23.5 Å². The second-order valence-electron chi connectivity index (χ2n) is 5.84. The number of aliphatic carboxylic acids is 1. The number of imide groups is 1. The van der Waals surface area contributed by atoms with Crippen molar-refractivity contribution in [3.8, 4) is 5.75 Å². The number of carbonyl (C=O) groups is 3. The molecular formula is C18H14N2O7. The average molecular weight is 370 g/mol. The van der Waals surface area contributed by atoms with Crippen molar-refractivity contribution in [1.82, 2.24) is 4.90 Å². The number of hydrogen-bond acceptors (Lipinski definition) is 6. The topological polar surface area (TPSA) is 127 Å². The van der Waals surface area contributed by atoms with E-state index in [0.717, 1.165) is 6.07 Å². The Hall–Kier alpha value is -3.75. The Morgan fingerprint density at radius 2 is 1.85 bits per heavy atom. The summed E-state index contributed by atoms with van der Waals surface area (Å²) in [6, 6.07) is 8.66. The summed E-state index contributed by atoms with van der Waals surface area (Å²) in [5, 5.41) is 20.8. The van der Waals surface area contributed by atoms with Gasteiger partial charge < -0.3 is 9.84 Å². The zero-order valence-electron chi connectivity index (χ0n) is 14.1. The first-order chi connectivity index (χ1) is 12.8. The first-order valence-corrected chi connectivity index (χ1v) is 7.86. The van der Waals surface area contributed by atoms with Crippen LogP contribution in [0.5, 0.6) is 5.75 Å². The Kier molecular flexibility index (Phi) is 4.59. The van der Waals surface area contributed by atoms with Crippen LogP contribution in [0.1, 0.15) is 26.3 Å². The van der Waals surface area contributed by atoms with E-state index in [-0.39, 0.29) is 17.5 Å². The van der Waals surface area contributed by atoms with Gasteiger partial charge in [-0.2, -0.15) is 0 Å². The highest BCUT2D eigenvalue weighted by atomic mass is 16.6. The second-order valence-corrected chi connectivity index (χ2v) is 5.84. The van der Waals surface area contributed by atoms with Crippen LogP contribution >= 0.6 is 0 Å². The van der Waals surface area contributed by atoms with Gasteiger partial charge in [-0.25, -0.2) is 4.79 Å². The zero-order chi connectivity index (χ0) is 19.7.